The molecule has 5 nitrogen and oxygen atoms in total. The Hall–Kier alpha value is -1.43. The van der Waals surface area contributed by atoms with Crippen molar-refractivity contribution in [2.24, 2.45) is 0 Å². The number of carbonyl (C=O) groups is 2. The van der Waals surface area contributed by atoms with Crippen LogP contribution in [0.1, 0.15) is 18.2 Å². The molecule has 0 unspecified atom stereocenters. The van der Waals surface area contributed by atoms with Gasteiger partial charge in [0.2, 0.25) is 6.41 Å². The van der Waals surface area contributed by atoms with E-state index < -0.39 is 12.0 Å². The summed E-state index contributed by atoms with van der Waals surface area (Å²) < 4.78 is 0. The van der Waals surface area contributed by atoms with E-state index in [0.29, 0.717) is 12.1 Å². The molecule has 0 aliphatic carbocycles. The molecular formula is C7H8N2O3S. The van der Waals surface area contributed by atoms with E-state index in [1.165, 1.54) is 11.3 Å². The van der Waals surface area contributed by atoms with Gasteiger partial charge < -0.3 is 10.4 Å². The van der Waals surface area contributed by atoms with Gasteiger partial charge in [0.15, 0.2) is 0 Å². The van der Waals surface area contributed by atoms with Crippen molar-refractivity contribution in [1.82, 2.24) is 10.3 Å². The fraction of sp³-hybridized carbons (Fsp3) is 0.286. The molecule has 70 valence electrons. The molecule has 13 heavy (non-hydrogen) atoms. The largest absolute Gasteiger partial charge is 0.481 e. The molecule has 0 aliphatic rings. The zero-order valence-electron chi connectivity index (χ0n) is 6.64. The second-order valence-corrected chi connectivity index (χ2v) is 3.07. The Morgan fingerprint density at radius 3 is 3.08 bits per heavy atom. The maximum atomic E-state index is 10.4. The molecule has 0 fully saturated rings. The van der Waals surface area contributed by atoms with Crippen molar-refractivity contribution >= 4 is 23.7 Å². The molecule has 0 aliphatic heterocycles. The molecule has 0 aromatic carbocycles. The van der Waals surface area contributed by atoms with Gasteiger partial charge in [-0.1, -0.05) is 0 Å². The van der Waals surface area contributed by atoms with Crippen molar-refractivity contribution in [1.29, 1.82) is 0 Å². The van der Waals surface area contributed by atoms with Crippen molar-refractivity contribution < 1.29 is 14.7 Å². The standard InChI is InChI=1S/C7H8N2O3S/c10-3-8-5(1-7(11)12)6-2-13-4-9-6/h2-5H,1H2,(H,8,10)(H,11,12)/t5-/m1/s1. The number of thiazole rings is 1. The lowest BCUT2D eigenvalue weighted by molar-refractivity contribution is -0.137. The van der Waals surface area contributed by atoms with Gasteiger partial charge in [-0.3, -0.25) is 9.59 Å². The van der Waals surface area contributed by atoms with Crippen LogP contribution in [-0.4, -0.2) is 22.5 Å². The average molecular weight is 200 g/mol. The minimum absolute atomic E-state index is 0.150. The second-order valence-electron chi connectivity index (χ2n) is 2.35. The molecule has 0 saturated heterocycles. The van der Waals surface area contributed by atoms with Crippen LogP contribution in [0.4, 0.5) is 0 Å². The van der Waals surface area contributed by atoms with Crippen LogP contribution in [0, 0.1) is 0 Å². The molecule has 1 amide bonds. The number of nitrogens with one attached hydrogen (secondary N) is 1. The summed E-state index contributed by atoms with van der Waals surface area (Å²) in [6, 6.07) is -0.527. The monoisotopic (exact) mass is 200 g/mol. The third-order valence-corrected chi connectivity index (χ3v) is 2.06. The van der Waals surface area contributed by atoms with Gasteiger partial charge in [-0.25, -0.2) is 4.98 Å². The Morgan fingerprint density at radius 2 is 2.62 bits per heavy atom. The lowest BCUT2D eigenvalue weighted by atomic mass is 10.1. The van der Waals surface area contributed by atoms with Crippen LogP contribution in [0.15, 0.2) is 10.9 Å². The first-order valence-electron chi connectivity index (χ1n) is 3.53. The summed E-state index contributed by atoms with van der Waals surface area (Å²) in [5, 5.41) is 12.6. The molecule has 1 aromatic rings. The molecule has 0 bridgehead atoms. The number of carboxylic acids is 1. The highest BCUT2D eigenvalue weighted by Crippen LogP contribution is 2.15. The zero-order valence-corrected chi connectivity index (χ0v) is 7.45. The van der Waals surface area contributed by atoms with Gasteiger partial charge in [-0.2, -0.15) is 0 Å². The lowest BCUT2D eigenvalue weighted by Gasteiger charge is -2.09. The summed E-state index contributed by atoms with van der Waals surface area (Å²) in [6.07, 6.45) is 0.329. The average Bonchev–Trinajstić information content (AvgIpc) is 2.54. The van der Waals surface area contributed by atoms with E-state index >= 15 is 0 Å². The molecule has 0 spiro atoms. The van der Waals surface area contributed by atoms with E-state index in [0.717, 1.165) is 0 Å². The van der Waals surface area contributed by atoms with E-state index in [1.807, 2.05) is 0 Å². The maximum absolute atomic E-state index is 10.4. The Kier molecular flexibility index (Phi) is 3.39. The maximum Gasteiger partial charge on any atom is 0.305 e. The highest BCUT2D eigenvalue weighted by atomic mass is 32.1. The second kappa shape index (κ2) is 4.56. The van der Waals surface area contributed by atoms with Crippen molar-refractivity contribution in [3.8, 4) is 0 Å². The fourth-order valence-electron chi connectivity index (χ4n) is 0.900. The van der Waals surface area contributed by atoms with E-state index in [-0.39, 0.29) is 6.42 Å². The van der Waals surface area contributed by atoms with Gasteiger partial charge in [0.05, 0.1) is 23.7 Å². The van der Waals surface area contributed by atoms with E-state index in [2.05, 4.69) is 10.3 Å². The molecular weight excluding hydrogens is 192 g/mol. The Bertz CT molecular complexity index is 286. The third-order valence-electron chi connectivity index (χ3n) is 1.46. The van der Waals surface area contributed by atoms with Crippen molar-refractivity contribution in [3.05, 3.63) is 16.6 Å². The fourth-order valence-corrected chi connectivity index (χ4v) is 1.51. The van der Waals surface area contributed by atoms with E-state index in [9.17, 15) is 9.59 Å². The highest BCUT2D eigenvalue weighted by Gasteiger charge is 2.15. The van der Waals surface area contributed by atoms with Crippen molar-refractivity contribution in [3.63, 3.8) is 0 Å². The number of aromatic nitrogens is 1. The number of carboxylic acid groups (broad SMARTS) is 1. The summed E-state index contributed by atoms with van der Waals surface area (Å²) in [5.74, 6) is -0.965. The van der Waals surface area contributed by atoms with Crippen LogP contribution in [0.3, 0.4) is 0 Å². The number of amides is 1. The first-order chi connectivity index (χ1) is 6.24. The van der Waals surface area contributed by atoms with Crippen LogP contribution in [0.25, 0.3) is 0 Å². The van der Waals surface area contributed by atoms with Crippen LogP contribution in [0.2, 0.25) is 0 Å². The molecule has 1 atom stereocenters. The molecule has 1 heterocycles. The summed E-state index contributed by atoms with van der Waals surface area (Å²) in [6.45, 7) is 0. The van der Waals surface area contributed by atoms with Gasteiger partial charge >= 0.3 is 5.97 Å². The number of hydrogen-bond donors (Lipinski definition) is 2. The first-order valence-corrected chi connectivity index (χ1v) is 4.48. The van der Waals surface area contributed by atoms with Gasteiger partial charge in [0, 0.05) is 5.38 Å². The first kappa shape index (κ1) is 9.66. The number of aliphatic carboxylic acids is 1. The quantitative estimate of drug-likeness (QED) is 0.674. The van der Waals surface area contributed by atoms with Crippen LogP contribution < -0.4 is 5.32 Å². The van der Waals surface area contributed by atoms with Crippen LogP contribution in [-0.2, 0) is 9.59 Å². The Balaban J connectivity index is 2.67. The van der Waals surface area contributed by atoms with Crippen molar-refractivity contribution in [2.45, 2.75) is 12.5 Å². The van der Waals surface area contributed by atoms with E-state index in [1.54, 1.807) is 10.9 Å². The molecule has 1 rings (SSSR count). The SMILES string of the molecule is O=CN[C@H](CC(=O)O)c1cscn1. The minimum Gasteiger partial charge on any atom is -0.481 e. The zero-order chi connectivity index (χ0) is 9.68. The predicted molar refractivity (Wildman–Crippen MR) is 46.3 cm³/mol. The number of carbonyl (C=O) groups excluding carboxylic acids is 1. The number of hydrogen-bond acceptors (Lipinski definition) is 4. The molecule has 0 radical (unpaired) electrons. The summed E-state index contributed by atoms with van der Waals surface area (Å²) in [7, 11) is 0. The van der Waals surface area contributed by atoms with E-state index in [4.69, 9.17) is 5.11 Å². The normalized spacial score (nSPS) is 12.0. The number of nitrogens with zero attached hydrogens (tertiary/aromatic N) is 1. The van der Waals surface area contributed by atoms with Crippen LogP contribution in [0.5, 0.6) is 0 Å². The van der Waals surface area contributed by atoms with Gasteiger partial charge in [-0.15, -0.1) is 11.3 Å². The van der Waals surface area contributed by atoms with Crippen molar-refractivity contribution in [2.75, 3.05) is 0 Å². The molecule has 6 heteroatoms. The Morgan fingerprint density at radius 1 is 1.85 bits per heavy atom. The van der Waals surface area contributed by atoms with Gasteiger partial charge in [0.25, 0.3) is 0 Å². The predicted octanol–water partition coefficient (Wildman–Crippen LogP) is 0.405. The minimum atomic E-state index is -0.965. The topological polar surface area (TPSA) is 79.3 Å². The molecule has 0 saturated carbocycles. The lowest BCUT2D eigenvalue weighted by Crippen LogP contribution is -2.22. The van der Waals surface area contributed by atoms with Gasteiger partial charge in [-0.05, 0) is 0 Å². The highest BCUT2D eigenvalue weighted by molar-refractivity contribution is 7.07. The summed E-state index contributed by atoms with van der Waals surface area (Å²) in [5.41, 5.74) is 2.18. The molecule has 1 aromatic heterocycles. The smallest absolute Gasteiger partial charge is 0.305 e. The third kappa shape index (κ3) is 2.83. The number of rotatable bonds is 5. The van der Waals surface area contributed by atoms with Crippen LogP contribution >= 0.6 is 11.3 Å². The Labute approximate surface area is 78.4 Å². The summed E-state index contributed by atoms with van der Waals surface area (Å²) in [4.78, 5) is 24.5. The van der Waals surface area contributed by atoms with Gasteiger partial charge in [0.1, 0.15) is 0 Å². The molecule has 2 N–H and O–H groups in total. The summed E-state index contributed by atoms with van der Waals surface area (Å²) >= 11 is 1.36.